The molecule has 0 aliphatic heterocycles. The molecule has 140 valence electrons. The average molecular weight is 360 g/mol. The van der Waals surface area contributed by atoms with E-state index in [2.05, 4.69) is 17.1 Å². The van der Waals surface area contributed by atoms with Crippen LogP contribution in [0.25, 0.3) is 11.3 Å². The van der Waals surface area contributed by atoms with Crippen LogP contribution in [0.3, 0.4) is 0 Å². The van der Waals surface area contributed by atoms with Crippen molar-refractivity contribution in [2.24, 2.45) is 11.8 Å². The Bertz CT molecular complexity index is 726. The molecule has 3 nitrogen and oxygen atoms in total. The molecule has 0 atom stereocenters. The zero-order chi connectivity index (χ0) is 18.5. The summed E-state index contributed by atoms with van der Waals surface area (Å²) in [6.45, 7) is 2.28. The third-order valence-electron chi connectivity index (χ3n) is 5.61. The second-order valence-corrected chi connectivity index (χ2v) is 7.19. The van der Waals surface area contributed by atoms with Crippen molar-refractivity contribution in [1.29, 1.82) is 0 Å². The highest BCUT2D eigenvalue weighted by atomic mass is 19.2. The van der Waals surface area contributed by atoms with E-state index in [1.54, 1.807) is 6.07 Å². The third-order valence-corrected chi connectivity index (χ3v) is 5.61. The van der Waals surface area contributed by atoms with Crippen LogP contribution in [0.15, 0.2) is 24.3 Å². The standard InChI is InChI=1S/C21H26F2N2O/c1-3-14-4-6-15(7-5-14)8-9-16-10-12-18(25-24-16)17-11-13-19(26-2)21(23)20(17)22/h10-15H,3-9H2,1-2H3. The molecule has 1 aliphatic carbocycles. The van der Waals surface area contributed by atoms with Crippen LogP contribution in [-0.2, 0) is 6.42 Å². The van der Waals surface area contributed by atoms with E-state index >= 15 is 0 Å². The van der Waals surface area contributed by atoms with Crippen LogP contribution < -0.4 is 4.74 Å². The topological polar surface area (TPSA) is 35.0 Å². The lowest BCUT2D eigenvalue weighted by atomic mass is 9.79. The Kier molecular flexibility index (Phi) is 6.17. The molecule has 2 aromatic rings. The number of benzene rings is 1. The number of halogens is 2. The zero-order valence-corrected chi connectivity index (χ0v) is 15.5. The number of nitrogens with zero attached hydrogens (tertiary/aromatic N) is 2. The molecule has 5 heteroatoms. The summed E-state index contributed by atoms with van der Waals surface area (Å²) in [4.78, 5) is 0. The van der Waals surface area contributed by atoms with Crippen molar-refractivity contribution in [2.45, 2.75) is 51.9 Å². The lowest BCUT2D eigenvalue weighted by molar-refractivity contribution is 0.258. The molecule has 1 aromatic heterocycles. The van der Waals surface area contributed by atoms with Gasteiger partial charge in [-0.25, -0.2) is 4.39 Å². The minimum Gasteiger partial charge on any atom is -0.494 e. The second-order valence-electron chi connectivity index (χ2n) is 7.19. The molecule has 26 heavy (non-hydrogen) atoms. The van der Waals surface area contributed by atoms with Crippen LogP contribution in [0.2, 0.25) is 0 Å². The lowest BCUT2D eigenvalue weighted by Crippen LogP contribution is -2.14. The van der Waals surface area contributed by atoms with Crippen LogP contribution in [0.4, 0.5) is 8.78 Å². The van der Waals surface area contributed by atoms with E-state index in [4.69, 9.17) is 4.74 Å². The van der Waals surface area contributed by atoms with E-state index in [9.17, 15) is 8.78 Å². The van der Waals surface area contributed by atoms with Gasteiger partial charge in [-0.15, -0.1) is 0 Å². The van der Waals surface area contributed by atoms with Gasteiger partial charge in [0.25, 0.3) is 0 Å². The Labute approximate surface area is 153 Å². The van der Waals surface area contributed by atoms with E-state index < -0.39 is 11.6 Å². The van der Waals surface area contributed by atoms with Crippen molar-refractivity contribution in [3.63, 3.8) is 0 Å². The Morgan fingerprint density at radius 1 is 0.962 bits per heavy atom. The van der Waals surface area contributed by atoms with Gasteiger partial charge in [0.15, 0.2) is 11.6 Å². The predicted molar refractivity (Wildman–Crippen MR) is 98.0 cm³/mol. The number of aromatic nitrogens is 2. The first-order valence-corrected chi connectivity index (χ1v) is 9.47. The first-order valence-electron chi connectivity index (χ1n) is 9.47. The van der Waals surface area contributed by atoms with Gasteiger partial charge in [-0.05, 0) is 48.9 Å². The molecule has 0 unspecified atom stereocenters. The lowest BCUT2D eigenvalue weighted by Gasteiger charge is -2.27. The smallest absolute Gasteiger partial charge is 0.201 e. The van der Waals surface area contributed by atoms with Gasteiger partial charge in [0.05, 0.1) is 18.5 Å². The van der Waals surface area contributed by atoms with E-state index in [0.717, 1.165) is 30.4 Å². The van der Waals surface area contributed by atoms with Gasteiger partial charge < -0.3 is 4.74 Å². The molecule has 1 fully saturated rings. The van der Waals surface area contributed by atoms with Crippen LogP contribution >= 0.6 is 0 Å². The number of hydrogen-bond acceptors (Lipinski definition) is 3. The fraction of sp³-hybridized carbons (Fsp3) is 0.524. The summed E-state index contributed by atoms with van der Waals surface area (Å²) in [6, 6.07) is 6.44. The van der Waals surface area contributed by atoms with Crippen LogP contribution in [-0.4, -0.2) is 17.3 Å². The zero-order valence-electron chi connectivity index (χ0n) is 15.5. The highest BCUT2D eigenvalue weighted by Crippen LogP contribution is 2.33. The van der Waals surface area contributed by atoms with E-state index in [-0.39, 0.29) is 11.3 Å². The summed E-state index contributed by atoms with van der Waals surface area (Å²) < 4.78 is 32.8. The molecule has 0 spiro atoms. The van der Waals surface area contributed by atoms with Crippen molar-refractivity contribution in [2.75, 3.05) is 7.11 Å². The minimum atomic E-state index is -1.00. The maximum absolute atomic E-state index is 14.2. The van der Waals surface area contributed by atoms with Crippen LogP contribution in [0, 0.1) is 23.5 Å². The third kappa shape index (κ3) is 4.19. The largest absolute Gasteiger partial charge is 0.494 e. The summed E-state index contributed by atoms with van der Waals surface area (Å²) in [5, 5.41) is 8.31. The van der Waals surface area contributed by atoms with Crippen molar-refractivity contribution in [3.05, 3.63) is 41.6 Å². The summed E-state index contributed by atoms with van der Waals surface area (Å²) in [6.07, 6.45) is 8.59. The van der Waals surface area contributed by atoms with Crippen molar-refractivity contribution in [1.82, 2.24) is 10.2 Å². The number of rotatable bonds is 6. The van der Waals surface area contributed by atoms with Crippen molar-refractivity contribution >= 4 is 0 Å². The SMILES string of the molecule is CCC1CCC(CCc2ccc(-c3ccc(OC)c(F)c3F)nn2)CC1. The number of ether oxygens (including phenoxy) is 1. The first-order chi connectivity index (χ1) is 12.6. The maximum atomic E-state index is 14.2. The summed E-state index contributed by atoms with van der Waals surface area (Å²) >= 11 is 0. The molecule has 0 radical (unpaired) electrons. The quantitative estimate of drug-likeness (QED) is 0.674. The summed E-state index contributed by atoms with van der Waals surface area (Å²) in [5.41, 5.74) is 1.33. The monoisotopic (exact) mass is 360 g/mol. The molecule has 3 rings (SSSR count). The van der Waals surface area contributed by atoms with Gasteiger partial charge in [0.2, 0.25) is 5.82 Å². The normalized spacial score (nSPS) is 20.2. The average Bonchev–Trinajstić information content (AvgIpc) is 2.69. The molecule has 0 bridgehead atoms. The summed E-state index contributed by atoms with van der Waals surface area (Å²) in [5.74, 6) is -0.399. The van der Waals surface area contributed by atoms with Gasteiger partial charge in [-0.3, -0.25) is 0 Å². The molecule has 1 saturated carbocycles. The predicted octanol–water partition coefficient (Wildman–Crippen LogP) is 5.58. The van der Waals surface area contributed by atoms with E-state index in [1.807, 2.05) is 6.07 Å². The fourth-order valence-corrected chi connectivity index (χ4v) is 3.80. The fourth-order valence-electron chi connectivity index (χ4n) is 3.80. The number of aryl methyl sites for hydroxylation is 1. The minimum absolute atomic E-state index is 0.0974. The Balaban J connectivity index is 1.61. The summed E-state index contributed by atoms with van der Waals surface area (Å²) in [7, 11) is 1.31. The van der Waals surface area contributed by atoms with Crippen LogP contribution in [0.5, 0.6) is 5.75 Å². The Morgan fingerprint density at radius 3 is 2.31 bits per heavy atom. The van der Waals surface area contributed by atoms with E-state index in [0.29, 0.717) is 5.69 Å². The van der Waals surface area contributed by atoms with Crippen molar-refractivity contribution in [3.8, 4) is 17.0 Å². The highest BCUT2D eigenvalue weighted by Gasteiger charge is 2.20. The maximum Gasteiger partial charge on any atom is 0.201 e. The molecular formula is C21H26F2N2O. The molecule has 1 aliphatic rings. The van der Waals surface area contributed by atoms with Crippen molar-refractivity contribution < 1.29 is 13.5 Å². The molecule has 1 heterocycles. The number of methoxy groups -OCH3 is 1. The Morgan fingerprint density at radius 2 is 1.69 bits per heavy atom. The first kappa shape index (κ1) is 18.7. The number of hydrogen-bond donors (Lipinski definition) is 0. The highest BCUT2D eigenvalue weighted by molar-refractivity contribution is 5.61. The van der Waals surface area contributed by atoms with Gasteiger partial charge in [0.1, 0.15) is 0 Å². The molecule has 1 aromatic carbocycles. The second kappa shape index (κ2) is 8.56. The van der Waals surface area contributed by atoms with E-state index in [1.165, 1.54) is 51.3 Å². The van der Waals surface area contributed by atoms with Gasteiger partial charge in [-0.1, -0.05) is 39.0 Å². The molecular weight excluding hydrogens is 334 g/mol. The Hall–Kier alpha value is -2.04. The molecule has 0 saturated heterocycles. The van der Waals surface area contributed by atoms with Gasteiger partial charge >= 0.3 is 0 Å². The molecule has 0 amide bonds. The molecule has 0 N–H and O–H groups in total. The van der Waals surface area contributed by atoms with Gasteiger partial charge in [0, 0.05) is 5.56 Å². The van der Waals surface area contributed by atoms with Crippen LogP contribution in [0.1, 0.15) is 51.1 Å². The van der Waals surface area contributed by atoms with Gasteiger partial charge in [-0.2, -0.15) is 14.6 Å².